The van der Waals surface area contributed by atoms with E-state index in [-0.39, 0.29) is 18.7 Å². The van der Waals surface area contributed by atoms with Gasteiger partial charge < -0.3 is 20.1 Å². The number of likely N-dealkylation sites (N-methyl/N-ethyl adjacent to an activating group) is 1. The number of nitrogens with one attached hydrogen (secondary N) is 1. The zero-order valence-electron chi connectivity index (χ0n) is 14.1. The van der Waals surface area contributed by atoms with Gasteiger partial charge in [0.25, 0.3) is 0 Å². The van der Waals surface area contributed by atoms with Crippen LogP contribution in [0, 0.1) is 0 Å². The molecule has 0 radical (unpaired) electrons. The normalized spacial score (nSPS) is 11.6. The fourth-order valence-corrected chi connectivity index (χ4v) is 2.15. The van der Waals surface area contributed by atoms with Crippen molar-refractivity contribution in [1.82, 2.24) is 4.90 Å². The monoisotopic (exact) mass is 328 g/mol. The van der Waals surface area contributed by atoms with Crippen molar-refractivity contribution in [3.05, 3.63) is 60.2 Å². The quantitative estimate of drug-likeness (QED) is 0.821. The molecule has 0 saturated carbocycles. The average Bonchev–Trinajstić information content (AvgIpc) is 2.62. The lowest BCUT2D eigenvalue weighted by Gasteiger charge is -2.24. The van der Waals surface area contributed by atoms with Crippen molar-refractivity contribution in [3.63, 3.8) is 0 Å². The standard InChI is InChI=1S/C19H24N2O3/c1-15(14-22)21(2)19(23)20-17-10-6-7-11-18(17)24-13-12-16-8-4-3-5-9-16/h3-11,15,22H,12-14H2,1-2H3,(H,20,23)/t15-/m1/s1. The zero-order valence-corrected chi connectivity index (χ0v) is 14.1. The number of ether oxygens (including phenoxy) is 1. The van der Waals surface area contributed by atoms with Crippen LogP contribution < -0.4 is 10.1 Å². The number of hydrogen-bond donors (Lipinski definition) is 2. The van der Waals surface area contributed by atoms with E-state index in [1.165, 1.54) is 10.5 Å². The SMILES string of the molecule is C[C@H](CO)N(C)C(=O)Nc1ccccc1OCCc1ccccc1. The van der Waals surface area contributed by atoms with Gasteiger partial charge in [0.2, 0.25) is 0 Å². The van der Waals surface area contributed by atoms with Crippen molar-refractivity contribution in [2.45, 2.75) is 19.4 Å². The molecule has 0 aliphatic heterocycles. The third kappa shape index (κ3) is 4.99. The number of carbonyl (C=O) groups excluding carboxylic acids is 1. The summed E-state index contributed by atoms with van der Waals surface area (Å²) in [6.45, 7) is 2.22. The number of nitrogens with zero attached hydrogens (tertiary/aromatic N) is 1. The van der Waals surface area contributed by atoms with Crippen molar-refractivity contribution in [1.29, 1.82) is 0 Å². The molecule has 2 N–H and O–H groups in total. The topological polar surface area (TPSA) is 61.8 Å². The van der Waals surface area contributed by atoms with Gasteiger partial charge in [-0.05, 0) is 24.6 Å². The molecule has 2 rings (SSSR count). The molecule has 0 unspecified atom stereocenters. The van der Waals surface area contributed by atoms with Crippen LogP contribution in [0.25, 0.3) is 0 Å². The van der Waals surface area contributed by atoms with Gasteiger partial charge >= 0.3 is 6.03 Å². The summed E-state index contributed by atoms with van der Waals surface area (Å²) in [5.41, 5.74) is 1.82. The molecule has 5 heteroatoms. The Morgan fingerprint density at radius 1 is 1.17 bits per heavy atom. The van der Waals surface area contributed by atoms with E-state index in [2.05, 4.69) is 17.4 Å². The highest BCUT2D eigenvalue weighted by Gasteiger charge is 2.16. The van der Waals surface area contributed by atoms with Crippen LogP contribution in [-0.4, -0.2) is 42.3 Å². The van der Waals surface area contributed by atoms with Gasteiger partial charge in [-0.3, -0.25) is 0 Å². The molecule has 0 aromatic heterocycles. The van der Waals surface area contributed by atoms with Crippen LogP contribution in [-0.2, 0) is 6.42 Å². The second-order valence-corrected chi connectivity index (χ2v) is 5.65. The van der Waals surface area contributed by atoms with E-state index < -0.39 is 0 Å². The molecule has 1 atom stereocenters. The molecule has 128 valence electrons. The number of hydrogen-bond acceptors (Lipinski definition) is 3. The van der Waals surface area contributed by atoms with E-state index in [1.54, 1.807) is 20.0 Å². The number of urea groups is 1. The molecule has 0 spiro atoms. The predicted molar refractivity (Wildman–Crippen MR) is 95.4 cm³/mol. The minimum atomic E-state index is -0.282. The zero-order chi connectivity index (χ0) is 17.4. The number of rotatable bonds is 7. The van der Waals surface area contributed by atoms with Crippen LogP contribution in [0.2, 0.25) is 0 Å². The second-order valence-electron chi connectivity index (χ2n) is 5.65. The average molecular weight is 328 g/mol. The van der Waals surface area contributed by atoms with E-state index in [0.29, 0.717) is 18.0 Å². The highest BCUT2D eigenvalue weighted by Crippen LogP contribution is 2.24. The minimum absolute atomic E-state index is 0.0842. The van der Waals surface area contributed by atoms with Crippen molar-refractivity contribution in [3.8, 4) is 5.75 Å². The number of aliphatic hydroxyl groups excluding tert-OH is 1. The Bertz CT molecular complexity index is 646. The molecule has 0 bridgehead atoms. The van der Waals surface area contributed by atoms with Crippen molar-refractivity contribution in [2.75, 3.05) is 25.6 Å². The van der Waals surface area contributed by atoms with Gasteiger partial charge in [0.1, 0.15) is 5.75 Å². The maximum atomic E-state index is 12.2. The second kappa shape index (κ2) is 8.93. The third-order valence-electron chi connectivity index (χ3n) is 3.87. The first-order chi connectivity index (χ1) is 11.6. The van der Waals surface area contributed by atoms with Crippen LogP contribution in [0.4, 0.5) is 10.5 Å². The van der Waals surface area contributed by atoms with Gasteiger partial charge in [0.05, 0.1) is 24.9 Å². The minimum Gasteiger partial charge on any atom is -0.491 e. The summed E-state index contributed by atoms with van der Waals surface area (Å²) in [4.78, 5) is 13.7. The summed E-state index contributed by atoms with van der Waals surface area (Å²) < 4.78 is 5.83. The van der Waals surface area contributed by atoms with Gasteiger partial charge in [-0.25, -0.2) is 4.79 Å². The van der Waals surface area contributed by atoms with E-state index >= 15 is 0 Å². The van der Waals surface area contributed by atoms with E-state index in [0.717, 1.165) is 6.42 Å². The molecule has 0 saturated heterocycles. The lowest BCUT2D eigenvalue weighted by Crippen LogP contribution is -2.40. The molecule has 2 aromatic carbocycles. The van der Waals surface area contributed by atoms with E-state index in [4.69, 9.17) is 9.84 Å². The summed E-state index contributed by atoms with van der Waals surface area (Å²) >= 11 is 0. The number of anilines is 1. The molecular weight excluding hydrogens is 304 g/mol. The lowest BCUT2D eigenvalue weighted by atomic mass is 10.2. The maximum Gasteiger partial charge on any atom is 0.322 e. The Morgan fingerprint density at radius 3 is 2.54 bits per heavy atom. The Kier molecular flexibility index (Phi) is 6.63. The van der Waals surface area contributed by atoms with Crippen LogP contribution in [0.15, 0.2) is 54.6 Å². The molecule has 0 heterocycles. The number of carbonyl (C=O) groups is 1. The molecule has 24 heavy (non-hydrogen) atoms. The maximum absolute atomic E-state index is 12.2. The predicted octanol–water partition coefficient (Wildman–Crippen LogP) is 3.15. The first-order valence-corrected chi connectivity index (χ1v) is 8.02. The first kappa shape index (κ1) is 17.8. The highest BCUT2D eigenvalue weighted by atomic mass is 16.5. The summed E-state index contributed by atoms with van der Waals surface area (Å²) in [5, 5.41) is 12.0. The van der Waals surface area contributed by atoms with Gasteiger partial charge in [-0.1, -0.05) is 42.5 Å². The molecule has 2 amide bonds. The number of amides is 2. The fraction of sp³-hybridized carbons (Fsp3) is 0.316. The van der Waals surface area contributed by atoms with Gasteiger partial charge in [0, 0.05) is 13.5 Å². The third-order valence-corrected chi connectivity index (χ3v) is 3.87. The summed E-state index contributed by atoms with van der Waals surface area (Å²) in [5.74, 6) is 0.631. The van der Waals surface area contributed by atoms with Crippen molar-refractivity contribution < 1.29 is 14.6 Å². The smallest absolute Gasteiger partial charge is 0.322 e. The molecule has 2 aromatic rings. The van der Waals surface area contributed by atoms with Gasteiger partial charge in [-0.15, -0.1) is 0 Å². The van der Waals surface area contributed by atoms with Crippen molar-refractivity contribution >= 4 is 11.7 Å². The number of benzene rings is 2. The first-order valence-electron chi connectivity index (χ1n) is 8.02. The summed E-state index contributed by atoms with van der Waals surface area (Å²) in [6.07, 6.45) is 0.796. The molecule has 0 aliphatic rings. The Morgan fingerprint density at radius 2 is 1.83 bits per heavy atom. The summed E-state index contributed by atoms with van der Waals surface area (Å²) in [7, 11) is 1.65. The number of aliphatic hydroxyl groups is 1. The Hall–Kier alpha value is -2.53. The lowest BCUT2D eigenvalue weighted by molar-refractivity contribution is 0.166. The molecule has 5 nitrogen and oxygen atoms in total. The number of para-hydroxylation sites is 2. The van der Waals surface area contributed by atoms with Gasteiger partial charge in [-0.2, -0.15) is 0 Å². The van der Waals surface area contributed by atoms with Crippen LogP contribution >= 0.6 is 0 Å². The van der Waals surface area contributed by atoms with E-state index in [1.807, 2.05) is 36.4 Å². The molecular formula is C19H24N2O3. The van der Waals surface area contributed by atoms with Crippen LogP contribution in [0.1, 0.15) is 12.5 Å². The molecule has 0 aliphatic carbocycles. The van der Waals surface area contributed by atoms with Crippen molar-refractivity contribution in [2.24, 2.45) is 0 Å². The fourth-order valence-electron chi connectivity index (χ4n) is 2.15. The largest absolute Gasteiger partial charge is 0.491 e. The van der Waals surface area contributed by atoms with E-state index in [9.17, 15) is 4.79 Å². The van der Waals surface area contributed by atoms with Crippen LogP contribution in [0.3, 0.4) is 0 Å². The highest BCUT2D eigenvalue weighted by molar-refractivity contribution is 5.91. The Balaban J connectivity index is 1.95. The summed E-state index contributed by atoms with van der Waals surface area (Å²) in [6, 6.07) is 16.9. The Labute approximate surface area is 142 Å². The van der Waals surface area contributed by atoms with Crippen LogP contribution in [0.5, 0.6) is 5.75 Å². The molecule has 0 fully saturated rings. The van der Waals surface area contributed by atoms with Gasteiger partial charge in [0.15, 0.2) is 0 Å².